The molecule has 3 aliphatic carbocycles. The number of carbonyl (C=O) groups excluding carboxylic acids is 1. The molecule has 4 aromatic rings. The Morgan fingerprint density at radius 3 is 2.87 bits per heavy atom. The summed E-state index contributed by atoms with van der Waals surface area (Å²) in [5, 5.41) is 13.0. The molecule has 3 N–H and O–H groups in total. The highest BCUT2D eigenvalue weighted by atomic mass is 35.5. The van der Waals surface area contributed by atoms with Crippen molar-refractivity contribution in [3.8, 4) is 11.3 Å². The number of nitrogens with one attached hydrogen (secondary N) is 3. The van der Waals surface area contributed by atoms with Gasteiger partial charge >= 0.3 is 6.09 Å². The Hall–Kier alpha value is -3.77. The average molecular weight is 542 g/mol. The second kappa shape index (κ2) is 8.63. The number of rotatable bonds is 6. The lowest BCUT2D eigenvalue weighted by Gasteiger charge is -2.61. The molecule has 2 bridgehead atoms. The third-order valence-corrected chi connectivity index (χ3v) is 7.79. The number of aromatic nitrogens is 5. The van der Waals surface area contributed by atoms with E-state index >= 15 is 4.39 Å². The Labute approximate surface area is 219 Å². The van der Waals surface area contributed by atoms with Crippen molar-refractivity contribution in [2.45, 2.75) is 43.2 Å². The summed E-state index contributed by atoms with van der Waals surface area (Å²) in [7, 11) is 0. The SMILES string of the molecule is O=C(NC12CC(C1)C2)O[C@H]1CO[C@@H](c2cc(Nc3nc(-c4ccc(F)c(Cl)c4)cc4nccn34)n[nH]2)[C@@H]1F. The number of benzene rings is 1. The number of ether oxygens (including phenoxy) is 2. The Balaban J connectivity index is 1.07. The molecule has 4 heterocycles. The van der Waals surface area contributed by atoms with Crippen molar-refractivity contribution in [1.29, 1.82) is 0 Å². The second-order valence-electron chi connectivity index (χ2n) is 10.1. The van der Waals surface area contributed by atoms with Crippen molar-refractivity contribution >= 4 is 35.1 Å². The quantitative estimate of drug-likeness (QED) is 0.323. The fourth-order valence-corrected chi connectivity index (χ4v) is 5.61. The van der Waals surface area contributed by atoms with Crippen LogP contribution in [0.1, 0.15) is 31.1 Å². The summed E-state index contributed by atoms with van der Waals surface area (Å²) in [5.41, 5.74) is 1.95. The summed E-state index contributed by atoms with van der Waals surface area (Å²) >= 11 is 5.96. The Kier molecular flexibility index (Phi) is 5.31. The molecule has 3 aromatic heterocycles. The Morgan fingerprint density at radius 1 is 1.26 bits per heavy atom. The van der Waals surface area contributed by atoms with Crippen molar-refractivity contribution in [3.63, 3.8) is 0 Å². The standard InChI is InChI=1S/C25H22ClF2N7O3/c26-14-5-13(1-2-15(14)27)16-7-20-29-3-4-35(20)23(30-16)31-19-6-17(33-34-19)22-21(28)18(11-37-22)38-24(36)32-25-8-12(9-25)10-25/h1-7,12,18,21-22H,8-11H2,(H,32,36)(H2,30,31,33,34)/t12?,18-,21+,22-,25?/m0/s1. The number of carbonyl (C=O) groups is 1. The van der Waals surface area contributed by atoms with Crippen molar-refractivity contribution in [2.24, 2.45) is 5.92 Å². The minimum Gasteiger partial charge on any atom is -0.441 e. The third-order valence-electron chi connectivity index (χ3n) is 7.50. The highest BCUT2D eigenvalue weighted by molar-refractivity contribution is 6.31. The van der Waals surface area contributed by atoms with E-state index in [9.17, 15) is 9.18 Å². The highest BCUT2D eigenvalue weighted by Crippen LogP contribution is 2.57. The number of alkyl carbamates (subject to hydrolysis) is 1. The van der Waals surface area contributed by atoms with Crippen LogP contribution in [0.5, 0.6) is 0 Å². The predicted molar refractivity (Wildman–Crippen MR) is 132 cm³/mol. The van der Waals surface area contributed by atoms with Gasteiger partial charge in [0, 0.05) is 35.6 Å². The van der Waals surface area contributed by atoms with Gasteiger partial charge in [-0.25, -0.2) is 23.5 Å². The lowest BCUT2D eigenvalue weighted by Crippen LogP contribution is -2.68. The molecule has 3 atom stereocenters. The molecule has 0 radical (unpaired) electrons. The molecule has 10 nitrogen and oxygen atoms in total. The lowest BCUT2D eigenvalue weighted by molar-refractivity contribution is -0.0528. The van der Waals surface area contributed by atoms with Crippen LogP contribution >= 0.6 is 11.6 Å². The van der Waals surface area contributed by atoms with Gasteiger partial charge in [0.2, 0.25) is 5.95 Å². The molecule has 3 saturated carbocycles. The van der Waals surface area contributed by atoms with Crippen LogP contribution in [0.25, 0.3) is 16.9 Å². The van der Waals surface area contributed by atoms with Crippen LogP contribution in [0.4, 0.5) is 25.3 Å². The molecule has 8 rings (SSSR count). The van der Waals surface area contributed by atoms with Crippen molar-refractivity contribution in [1.82, 2.24) is 29.9 Å². The average Bonchev–Trinajstić information content (AvgIpc) is 3.58. The first kappa shape index (κ1) is 23.4. The maximum absolute atomic E-state index is 15.2. The van der Waals surface area contributed by atoms with E-state index in [1.165, 1.54) is 12.1 Å². The van der Waals surface area contributed by atoms with Gasteiger partial charge < -0.3 is 20.1 Å². The van der Waals surface area contributed by atoms with Gasteiger partial charge in [-0.3, -0.25) is 9.50 Å². The number of H-pyrrole nitrogens is 1. The first-order valence-corrected chi connectivity index (χ1v) is 12.6. The second-order valence-corrected chi connectivity index (χ2v) is 10.5. The Morgan fingerprint density at radius 2 is 2.11 bits per heavy atom. The Bertz CT molecular complexity index is 1540. The molecule has 4 fully saturated rings. The van der Waals surface area contributed by atoms with E-state index in [-0.39, 0.29) is 17.2 Å². The summed E-state index contributed by atoms with van der Waals surface area (Å²) in [6.45, 7) is -0.0594. The molecular formula is C25H22ClF2N7O3. The topological polar surface area (TPSA) is 118 Å². The van der Waals surface area contributed by atoms with Crippen LogP contribution in [-0.2, 0) is 9.47 Å². The summed E-state index contributed by atoms with van der Waals surface area (Å²) < 4.78 is 41.5. The van der Waals surface area contributed by atoms with E-state index < -0.39 is 30.3 Å². The molecule has 4 aliphatic rings. The predicted octanol–water partition coefficient (Wildman–Crippen LogP) is 4.71. The number of aromatic amines is 1. The summed E-state index contributed by atoms with van der Waals surface area (Å²) in [5.74, 6) is 0.917. The van der Waals surface area contributed by atoms with E-state index in [0.29, 0.717) is 40.3 Å². The lowest BCUT2D eigenvalue weighted by atomic mass is 9.50. The first-order chi connectivity index (χ1) is 18.4. The third kappa shape index (κ3) is 3.95. The number of hydrogen-bond donors (Lipinski definition) is 3. The minimum absolute atomic E-state index is 0.0181. The molecular weight excluding hydrogens is 520 g/mol. The zero-order chi connectivity index (χ0) is 26.0. The molecule has 1 amide bonds. The van der Waals surface area contributed by atoms with E-state index in [2.05, 4.69) is 30.8 Å². The molecule has 1 aliphatic heterocycles. The number of halogens is 3. The van der Waals surface area contributed by atoms with Crippen molar-refractivity contribution in [3.05, 3.63) is 59.3 Å². The number of anilines is 2. The monoisotopic (exact) mass is 541 g/mol. The molecule has 13 heteroatoms. The van der Waals surface area contributed by atoms with Crippen LogP contribution in [-0.4, -0.2) is 55.1 Å². The van der Waals surface area contributed by atoms with Crippen LogP contribution < -0.4 is 10.6 Å². The molecule has 38 heavy (non-hydrogen) atoms. The molecule has 1 aromatic carbocycles. The van der Waals surface area contributed by atoms with E-state index in [4.69, 9.17) is 21.1 Å². The van der Waals surface area contributed by atoms with Crippen molar-refractivity contribution < 1.29 is 23.0 Å². The van der Waals surface area contributed by atoms with Gasteiger partial charge in [-0.2, -0.15) is 5.10 Å². The van der Waals surface area contributed by atoms with Gasteiger partial charge in [0.05, 0.1) is 23.0 Å². The zero-order valence-corrected chi connectivity index (χ0v) is 20.6. The minimum atomic E-state index is -1.56. The molecule has 0 spiro atoms. The first-order valence-electron chi connectivity index (χ1n) is 12.2. The van der Waals surface area contributed by atoms with Gasteiger partial charge in [-0.15, -0.1) is 0 Å². The summed E-state index contributed by atoms with van der Waals surface area (Å²) in [6, 6.07) is 7.68. The number of nitrogens with zero attached hydrogens (tertiary/aromatic N) is 4. The number of hydrogen-bond acceptors (Lipinski definition) is 7. The number of imidazole rings is 1. The van der Waals surface area contributed by atoms with Gasteiger partial charge in [0.15, 0.2) is 18.1 Å². The maximum Gasteiger partial charge on any atom is 0.408 e. The normalized spacial score (nSPS) is 27.6. The van der Waals surface area contributed by atoms with E-state index in [0.717, 1.165) is 19.3 Å². The number of amides is 1. The van der Waals surface area contributed by atoms with Gasteiger partial charge in [0.25, 0.3) is 0 Å². The van der Waals surface area contributed by atoms with E-state index in [1.807, 2.05) is 0 Å². The fraction of sp³-hybridized carbons (Fsp3) is 0.360. The zero-order valence-electron chi connectivity index (χ0n) is 19.8. The van der Waals surface area contributed by atoms with E-state index in [1.54, 1.807) is 35.0 Å². The smallest absolute Gasteiger partial charge is 0.408 e. The number of alkyl halides is 1. The highest BCUT2D eigenvalue weighted by Gasteiger charge is 2.58. The summed E-state index contributed by atoms with van der Waals surface area (Å²) in [6.07, 6.45) is 2.08. The van der Waals surface area contributed by atoms with Gasteiger partial charge in [-0.05, 0) is 43.4 Å². The molecule has 196 valence electrons. The maximum atomic E-state index is 15.2. The largest absolute Gasteiger partial charge is 0.441 e. The van der Waals surface area contributed by atoms with Gasteiger partial charge in [-0.1, -0.05) is 11.6 Å². The van der Waals surface area contributed by atoms with Gasteiger partial charge in [0.1, 0.15) is 17.6 Å². The van der Waals surface area contributed by atoms with Crippen LogP contribution in [0, 0.1) is 11.7 Å². The molecule has 1 saturated heterocycles. The van der Waals surface area contributed by atoms with Crippen LogP contribution in [0.3, 0.4) is 0 Å². The van der Waals surface area contributed by atoms with Crippen molar-refractivity contribution in [2.75, 3.05) is 11.9 Å². The van der Waals surface area contributed by atoms with Crippen LogP contribution in [0.2, 0.25) is 5.02 Å². The van der Waals surface area contributed by atoms with Crippen LogP contribution in [0.15, 0.2) is 42.7 Å². The molecule has 0 unspecified atom stereocenters. The fourth-order valence-electron chi connectivity index (χ4n) is 5.43. The number of fused-ring (bicyclic) bond motifs is 1. The summed E-state index contributed by atoms with van der Waals surface area (Å²) in [4.78, 5) is 21.2.